The van der Waals surface area contributed by atoms with E-state index in [1.807, 2.05) is 0 Å². The minimum Gasteiger partial charge on any atom is -0.494 e. The van der Waals surface area contributed by atoms with E-state index in [-0.39, 0.29) is 11.3 Å². The van der Waals surface area contributed by atoms with E-state index in [0.717, 1.165) is 12.1 Å². The number of hydrogen-bond acceptors (Lipinski definition) is 3. The Labute approximate surface area is 79.2 Å². The van der Waals surface area contributed by atoms with Crippen molar-refractivity contribution < 1.29 is 19.0 Å². The molecule has 1 rings (SSSR count). The van der Waals surface area contributed by atoms with Gasteiger partial charge in [0.05, 0.1) is 7.11 Å². The monoisotopic (exact) mass is 195 g/mol. The number of halogens is 1. The largest absolute Gasteiger partial charge is 0.494 e. The van der Waals surface area contributed by atoms with Crippen molar-refractivity contribution in [3.8, 4) is 11.8 Å². The van der Waals surface area contributed by atoms with Crippen LogP contribution in [0.4, 0.5) is 4.39 Å². The molecule has 0 atom stereocenters. The second kappa shape index (κ2) is 3.75. The predicted octanol–water partition coefficient (Wildman–Crippen LogP) is 1.40. The number of hydrogen-bond donors (Lipinski definition) is 1. The van der Waals surface area contributed by atoms with E-state index in [1.165, 1.54) is 7.11 Å². The summed E-state index contributed by atoms with van der Waals surface area (Å²) in [6.07, 6.45) is 0. The zero-order chi connectivity index (χ0) is 10.7. The highest BCUT2D eigenvalue weighted by Crippen LogP contribution is 2.25. The van der Waals surface area contributed by atoms with Gasteiger partial charge in [0.25, 0.3) is 0 Å². The molecule has 0 radical (unpaired) electrons. The number of ether oxygens (including phenoxy) is 1. The number of aromatic carboxylic acids is 1. The third-order valence-corrected chi connectivity index (χ3v) is 1.65. The van der Waals surface area contributed by atoms with E-state index >= 15 is 0 Å². The molecule has 14 heavy (non-hydrogen) atoms. The Morgan fingerprint density at radius 1 is 1.64 bits per heavy atom. The summed E-state index contributed by atoms with van der Waals surface area (Å²) in [5.41, 5.74) is -0.627. The van der Waals surface area contributed by atoms with Gasteiger partial charge in [0.2, 0.25) is 0 Å². The molecular formula is C9H6FNO3. The second-order valence-electron chi connectivity index (χ2n) is 2.42. The van der Waals surface area contributed by atoms with Crippen molar-refractivity contribution in [2.24, 2.45) is 0 Å². The topological polar surface area (TPSA) is 70.3 Å². The van der Waals surface area contributed by atoms with Crippen molar-refractivity contribution in [3.05, 3.63) is 29.1 Å². The third-order valence-electron chi connectivity index (χ3n) is 1.65. The maximum absolute atomic E-state index is 13.0. The molecule has 0 spiro atoms. The lowest BCUT2D eigenvalue weighted by Gasteiger charge is -2.06. The van der Waals surface area contributed by atoms with Crippen LogP contribution in [0.2, 0.25) is 0 Å². The van der Waals surface area contributed by atoms with Gasteiger partial charge >= 0.3 is 5.97 Å². The average molecular weight is 195 g/mol. The summed E-state index contributed by atoms with van der Waals surface area (Å²) < 4.78 is 17.7. The molecule has 0 aromatic heterocycles. The second-order valence-corrected chi connectivity index (χ2v) is 2.42. The quantitative estimate of drug-likeness (QED) is 0.774. The molecule has 0 aliphatic carbocycles. The van der Waals surface area contributed by atoms with Crippen LogP contribution in [0.3, 0.4) is 0 Å². The molecule has 5 heteroatoms. The fraction of sp³-hybridized carbons (Fsp3) is 0.111. The first-order valence-corrected chi connectivity index (χ1v) is 3.61. The van der Waals surface area contributed by atoms with E-state index in [2.05, 4.69) is 4.74 Å². The highest BCUT2D eigenvalue weighted by molar-refractivity contribution is 5.91. The summed E-state index contributed by atoms with van der Waals surface area (Å²) >= 11 is 0. The first-order chi connectivity index (χ1) is 6.61. The molecule has 0 saturated heterocycles. The normalized spacial score (nSPS) is 9.21. The number of methoxy groups -OCH3 is 1. The van der Waals surface area contributed by atoms with E-state index in [4.69, 9.17) is 10.4 Å². The third kappa shape index (κ3) is 1.50. The summed E-state index contributed by atoms with van der Waals surface area (Å²) in [6.45, 7) is 0. The number of carboxylic acids is 1. The standard InChI is InChI=1S/C9H6FNO3/c1-14-8-5(9(12)13)2-3-7(10)6(8)4-11/h2-3H,1H3,(H,12,13). The van der Waals surface area contributed by atoms with E-state index < -0.39 is 17.3 Å². The molecule has 1 N–H and O–H groups in total. The molecule has 0 saturated carbocycles. The molecule has 0 aliphatic rings. The van der Waals surface area contributed by atoms with Gasteiger partial charge in [-0.1, -0.05) is 0 Å². The number of nitriles is 1. The van der Waals surface area contributed by atoms with Gasteiger partial charge in [0.15, 0.2) is 5.75 Å². The van der Waals surface area contributed by atoms with Gasteiger partial charge in [-0.2, -0.15) is 5.26 Å². The van der Waals surface area contributed by atoms with Crippen LogP contribution < -0.4 is 4.74 Å². The van der Waals surface area contributed by atoms with Crippen LogP contribution in [0.15, 0.2) is 12.1 Å². The van der Waals surface area contributed by atoms with Gasteiger partial charge in [0.1, 0.15) is 23.0 Å². The SMILES string of the molecule is COc1c(C(=O)O)ccc(F)c1C#N. The summed E-state index contributed by atoms with van der Waals surface area (Å²) in [7, 11) is 1.18. The van der Waals surface area contributed by atoms with Crippen LogP contribution in [0, 0.1) is 17.1 Å². The first kappa shape index (κ1) is 9.99. The lowest BCUT2D eigenvalue weighted by Crippen LogP contribution is -2.03. The zero-order valence-corrected chi connectivity index (χ0v) is 7.24. The fourth-order valence-electron chi connectivity index (χ4n) is 1.04. The van der Waals surface area contributed by atoms with Crippen LogP contribution in [0.5, 0.6) is 5.75 Å². The van der Waals surface area contributed by atoms with Crippen molar-refractivity contribution in [2.75, 3.05) is 7.11 Å². The Balaban J connectivity index is 3.50. The molecule has 0 bridgehead atoms. The van der Waals surface area contributed by atoms with Crippen molar-refractivity contribution >= 4 is 5.97 Å². The van der Waals surface area contributed by atoms with Crippen LogP contribution >= 0.6 is 0 Å². The van der Waals surface area contributed by atoms with Crippen molar-refractivity contribution in [2.45, 2.75) is 0 Å². The van der Waals surface area contributed by atoms with Crippen LogP contribution in [0.1, 0.15) is 15.9 Å². The number of carbonyl (C=O) groups is 1. The average Bonchev–Trinajstić information content (AvgIpc) is 2.16. The van der Waals surface area contributed by atoms with Crippen molar-refractivity contribution in [1.82, 2.24) is 0 Å². The first-order valence-electron chi connectivity index (χ1n) is 3.61. The van der Waals surface area contributed by atoms with Gasteiger partial charge in [-0.05, 0) is 12.1 Å². The fourth-order valence-corrected chi connectivity index (χ4v) is 1.04. The summed E-state index contributed by atoms with van der Waals surface area (Å²) in [6, 6.07) is 3.52. The minimum absolute atomic E-state index is 0.231. The van der Waals surface area contributed by atoms with Crippen molar-refractivity contribution in [3.63, 3.8) is 0 Å². The summed E-state index contributed by atoms with van der Waals surface area (Å²) in [4.78, 5) is 10.6. The van der Waals surface area contributed by atoms with E-state index in [1.54, 1.807) is 6.07 Å². The molecule has 0 aliphatic heterocycles. The Kier molecular flexibility index (Phi) is 2.67. The number of benzene rings is 1. The highest BCUT2D eigenvalue weighted by Gasteiger charge is 2.18. The predicted molar refractivity (Wildman–Crippen MR) is 44.6 cm³/mol. The lowest BCUT2D eigenvalue weighted by atomic mass is 10.1. The maximum Gasteiger partial charge on any atom is 0.339 e. The molecule has 0 heterocycles. The zero-order valence-electron chi connectivity index (χ0n) is 7.24. The molecule has 0 unspecified atom stereocenters. The molecular weight excluding hydrogens is 189 g/mol. The van der Waals surface area contributed by atoms with Crippen LogP contribution in [-0.4, -0.2) is 18.2 Å². The van der Waals surface area contributed by atoms with Crippen molar-refractivity contribution in [1.29, 1.82) is 5.26 Å². The Hall–Kier alpha value is -2.09. The molecule has 1 aromatic carbocycles. The summed E-state index contributed by atoms with van der Waals surface area (Å²) in [5.74, 6) is -2.31. The molecule has 4 nitrogen and oxygen atoms in total. The molecule has 1 aromatic rings. The Morgan fingerprint density at radius 2 is 2.29 bits per heavy atom. The maximum atomic E-state index is 13.0. The van der Waals surface area contributed by atoms with E-state index in [0.29, 0.717) is 0 Å². The number of carboxylic acid groups (broad SMARTS) is 1. The van der Waals surface area contributed by atoms with Crippen LogP contribution in [-0.2, 0) is 0 Å². The lowest BCUT2D eigenvalue weighted by molar-refractivity contribution is 0.0693. The minimum atomic E-state index is -1.27. The van der Waals surface area contributed by atoms with E-state index in [9.17, 15) is 9.18 Å². The number of rotatable bonds is 2. The molecule has 0 fully saturated rings. The van der Waals surface area contributed by atoms with Gasteiger partial charge in [-0.25, -0.2) is 9.18 Å². The summed E-state index contributed by atoms with van der Waals surface area (Å²) in [5, 5.41) is 17.3. The highest BCUT2D eigenvalue weighted by atomic mass is 19.1. The Morgan fingerprint density at radius 3 is 2.71 bits per heavy atom. The molecule has 0 amide bonds. The van der Waals surface area contributed by atoms with Gasteiger partial charge in [-0.3, -0.25) is 0 Å². The van der Waals surface area contributed by atoms with Gasteiger partial charge < -0.3 is 9.84 Å². The smallest absolute Gasteiger partial charge is 0.339 e. The Bertz CT molecular complexity index is 423. The molecule has 72 valence electrons. The van der Waals surface area contributed by atoms with Gasteiger partial charge in [-0.15, -0.1) is 0 Å². The van der Waals surface area contributed by atoms with Crippen LogP contribution in [0.25, 0.3) is 0 Å². The number of nitrogens with zero attached hydrogens (tertiary/aromatic N) is 1. The van der Waals surface area contributed by atoms with Gasteiger partial charge in [0, 0.05) is 0 Å².